The molecule has 0 saturated heterocycles. The molecule has 0 bridgehead atoms. The van der Waals surface area contributed by atoms with Gasteiger partial charge >= 0.3 is 0 Å². The van der Waals surface area contributed by atoms with Gasteiger partial charge in [0.05, 0.1) is 37.8 Å². The molecule has 2 N–H and O–H groups in total. The molecular formula is C9H7Cl5O2S. The van der Waals surface area contributed by atoms with Crippen LogP contribution in [0.25, 0.3) is 0 Å². The van der Waals surface area contributed by atoms with E-state index in [-0.39, 0.29) is 37.5 Å². The molecule has 1 aromatic rings. The third-order valence-electron chi connectivity index (χ3n) is 1.80. The minimum Gasteiger partial charge on any atom is -0.394 e. The van der Waals surface area contributed by atoms with E-state index >= 15 is 0 Å². The fraction of sp³-hybridized carbons (Fsp3) is 0.333. The van der Waals surface area contributed by atoms with Crippen LogP contribution in [0.2, 0.25) is 25.1 Å². The molecule has 0 heterocycles. The average Bonchev–Trinajstić information content (AvgIpc) is 2.33. The van der Waals surface area contributed by atoms with Crippen molar-refractivity contribution >= 4 is 69.8 Å². The molecule has 0 spiro atoms. The Morgan fingerprint density at radius 2 is 1.29 bits per heavy atom. The van der Waals surface area contributed by atoms with E-state index in [0.717, 1.165) is 11.8 Å². The molecule has 0 amide bonds. The number of aliphatic hydroxyl groups is 2. The molecule has 0 aliphatic carbocycles. The summed E-state index contributed by atoms with van der Waals surface area (Å²) in [5.74, 6) is 0.213. The summed E-state index contributed by atoms with van der Waals surface area (Å²) < 4.78 is 0. The summed E-state index contributed by atoms with van der Waals surface area (Å²) in [5, 5.41) is 18.6. The summed E-state index contributed by atoms with van der Waals surface area (Å²) in [6.45, 7) is -0.350. The van der Waals surface area contributed by atoms with Crippen molar-refractivity contribution in [3.05, 3.63) is 25.1 Å². The number of rotatable bonds is 4. The first-order chi connectivity index (χ1) is 7.90. The minimum atomic E-state index is -0.875. The molecule has 0 aliphatic heterocycles. The third kappa shape index (κ3) is 3.71. The maximum Gasteiger partial charge on any atom is 0.0864 e. The second-order valence-corrected chi connectivity index (χ2v) is 5.97. The Hall–Kier alpha value is 0.940. The zero-order chi connectivity index (χ0) is 13.2. The van der Waals surface area contributed by atoms with Crippen molar-refractivity contribution in [2.75, 3.05) is 12.4 Å². The quantitative estimate of drug-likeness (QED) is 0.477. The van der Waals surface area contributed by atoms with E-state index in [4.69, 9.17) is 63.1 Å². The molecule has 8 heteroatoms. The van der Waals surface area contributed by atoms with Crippen molar-refractivity contribution in [1.29, 1.82) is 0 Å². The lowest BCUT2D eigenvalue weighted by molar-refractivity contribution is 0.113. The fourth-order valence-electron chi connectivity index (χ4n) is 0.944. The van der Waals surface area contributed by atoms with Crippen LogP contribution in [-0.2, 0) is 0 Å². The molecule has 0 fully saturated rings. The maximum atomic E-state index is 9.25. The number of hydrogen-bond donors (Lipinski definition) is 2. The monoisotopic (exact) mass is 354 g/mol. The normalized spacial score (nSPS) is 12.9. The third-order valence-corrected chi connectivity index (χ3v) is 5.55. The lowest BCUT2D eigenvalue weighted by Gasteiger charge is -2.13. The van der Waals surface area contributed by atoms with Crippen LogP contribution >= 0.6 is 69.8 Å². The molecule has 1 rings (SSSR count). The summed E-state index contributed by atoms with van der Waals surface area (Å²) in [4.78, 5) is 0.431. The molecule has 2 nitrogen and oxygen atoms in total. The van der Waals surface area contributed by atoms with Crippen LogP contribution in [-0.4, -0.2) is 28.7 Å². The smallest absolute Gasteiger partial charge is 0.0864 e. The molecule has 96 valence electrons. The fourth-order valence-corrected chi connectivity index (χ4v) is 3.44. The van der Waals surface area contributed by atoms with Crippen LogP contribution in [0.4, 0.5) is 0 Å². The minimum absolute atomic E-state index is 0.0930. The Balaban J connectivity index is 3.07. The van der Waals surface area contributed by atoms with E-state index in [1.165, 1.54) is 0 Å². The molecule has 0 radical (unpaired) electrons. The number of hydrogen-bond acceptors (Lipinski definition) is 3. The number of aliphatic hydroxyl groups excluding tert-OH is 2. The summed E-state index contributed by atoms with van der Waals surface area (Å²) in [6, 6.07) is 0. The van der Waals surface area contributed by atoms with Crippen LogP contribution in [0, 0.1) is 0 Å². The molecule has 0 aromatic heterocycles. The van der Waals surface area contributed by atoms with Crippen LogP contribution in [0.15, 0.2) is 4.90 Å². The number of halogens is 5. The van der Waals surface area contributed by atoms with E-state index in [2.05, 4.69) is 0 Å². The van der Waals surface area contributed by atoms with Crippen LogP contribution < -0.4 is 0 Å². The van der Waals surface area contributed by atoms with Gasteiger partial charge in [0.15, 0.2) is 0 Å². The first-order valence-electron chi connectivity index (χ1n) is 4.33. The van der Waals surface area contributed by atoms with Gasteiger partial charge < -0.3 is 10.2 Å². The first-order valence-corrected chi connectivity index (χ1v) is 7.20. The molecule has 0 unspecified atom stereocenters. The van der Waals surface area contributed by atoms with Gasteiger partial charge in [0.25, 0.3) is 0 Å². The first kappa shape index (κ1) is 16.0. The number of benzene rings is 1. The summed E-state index contributed by atoms with van der Waals surface area (Å²) >= 11 is 30.7. The summed E-state index contributed by atoms with van der Waals surface area (Å²) in [5.41, 5.74) is 0. The summed E-state index contributed by atoms with van der Waals surface area (Å²) in [6.07, 6.45) is -0.875. The lowest BCUT2D eigenvalue weighted by Crippen LogP contribution is -2.14. The van der Waals surface area contributed by atoms with Crippen molar-refractivity contribution in [3.63, 3.8) is 0 Å². The van der Waals surface area contributed by atoms with Crippen molar-refractivity contribution < 1.29 is 10.2 Å². The van der Waals surface area contributed by atoms with E-state index in [9.17, 15) is 5.11 Å². The second kappa shape index (κ2) is 6.92. The van der Waals surface area contributed by atoms with Gasteiger partial charge in [0.1, 0.15) is 0 Å². The molecular weight excluding hydrogens is 349 g/mol. The lowest BCUT2D eigenvalue weighted by atomic mass is 10.3. The van der Waals surface area contributed by atoms with Gasteiger partial charge in [-0.05, 0) is 0 Å². The Morgan fingerprint density at radius 3 is 1.71 bits per heavy atom. The van der Waals surface area contributed by atoms with Crippen molar-refractivity contribution in [3.8, 4) is 0 Å². The molecule has 17 heavy (non-hydrogen) atoms. The van der Waals surface area contributed by atoms with Crippen LogP contribution in [0.1, 0.15) is 0 Å². The second-order valence-electron chi connectivity index (χ2n) is 3.05. The van der Waals surface area contributed by atoms with Gasteiger partial charge in [-0.3, -0.25) is 0 Å². The van der Waals surface area contributed by atoms with Crippen molar-refractivity contribution in [2.24, 2.45) is 0 Å². The van der Waals surface area contributed by atoms with Crippen LogP contribution in [0.3, 0.4) is 0 Å². The van der Waals surface area contributed by atoms with Crippen molar-refractivity contribution in [2.45, 2.75) is 11.0 Å². The number of thioether (sulfide) groups is 1. The standard InChI is InChI=1S/C9H7Cl5O2S/c10-4-5(11)7(13)9(8(14)6(4)12)17-2-3(16)1-15/h3,15-16H,1-2H2/t3-/m1/s1. The predicted molar refractivity (Wildman–Crippen MR) is 75.3 cm³/mol. The van der Waals surface area contributed by atoms with Gasteiger partial charge in [-0.15, -0.1) is 11.8 Å². The zero-order valence-corrected chi connectivity index (χ0v) is 12.8. The van der Waals surface area contributed by atoms with Gasteiger partial charge in [-0.1, -0.05) is 58.0 Å². The van der Waals surface area contributed by atoms with Gasteiger partial charge in [-0.25, -0.2) is 0 Å². The van der Waals surface area contributed by atoms with E-state index in [1.54, 1.807) is 0 Å². The molecule has 0 aliphatic rings. The van der Waals surface area contributed by atoms with Gasteiger partial charge in [0, 0.05) is 10.6 Å². The van der Waals surface area contributed by atoms with Crippen LogP contribution in [0.5, 0.6) is 0 Å². The van der Waals surface area contributed by atoms with Gasteiger partial charge in [-0.2, -0.15) is 0 Å². The Kier molecular flexibility index (Phi) is 6.51. The van der Waals surface area contributed by atoms with E-state index < -0.39 is 6.10 Å². The highest BCUT2D eigenvalue weighted by atomic mass is 35.5. The Bertz CT molecular complexity index is 397. The SMILES string of the molecule is OC[C@@H](O)CSc1c(Cl)c(Cl)c(Cl)c(Cl)c1Cl. The van der Waals surface area contributed by atoms with E-state index in [0.29, 0.717) is 4.90 Å². The zero-order valence-electron chi connectivity index (χ0n) is 8.18. The van der Waals surface area contributed by atoms with Crippen molar-refractivity contribution in [1.82, 2.24) is 0 Å². The molecule has 1 aromatic carbocycles. The van der Waals surface area contributed by atoms with E-state index in [1.807, 2.05) is 0 Å². The largest absolute Gasteiger partial charge is 0.394 e. The maximum absolute atomic E-state index is 9.25. The highest BCUT2D eigenvalue weighted by molar-refractivity contribution is 7.99. The highest BCUT2D eigenvalue weighted by Gasteiger charge is 2.20. The molecule has 1 atom stereocenters. The highest BCUT2D eigenvalue weighted by Crippen LogP contribution is 2.47. The Labute approximate surface area is 128 Å². The molecule has 0 saturated carbocycles. The average molecular weight is 356 g/mol. The topological polar surface area (TPSA) is 40.5 Å². The Morgan fingerprint density at radius 1 is 0.882 bits per heavy atom. The van der Waals surface area contributed by atoms with Gasteiger partial charge in [0.2, 0.25) is 0 Å². The predicted octanol–water partition coefficient (Wildman–Crippen LogP) is 4.40. The summed E-state index contributed by atoms with van der Waals surface area (Å²) in [7, 11) is 0.